The molecule has 4 aromatic carbocycles. The first kappa shape index (κ1) is 36.4. The minimum Gasteiger partial charge on any atom is -0.493 e. The minimum absolute atomic E-state index is 0.171. The lowest BCUT2D eigenvalue weighted by atomic mass is 10.1. The van der Waals surface area contributed by atoms with E-state index in [0.29, 0.717) is 57.9 Å². The van der Waals surface area contributed by atoms with Crippen molar-refractivity contribution < 1.29 is 52.3 Å². The van der Waals surface area contributed by atoms with Crippen LogP contribution in [0.4, 0.5) is 5.69 Å². The molecule has 4 aromatic rings. The van der Waals surface area contributed by atoms with Crippen LogP contribution in [-0.4, -0.2) is 73.3 Å². The Morgan fingerprint density at radius 2 is 1.14 bits per heavy atom. The molecule has 0 atom stereocenters. The highest BCUT2D eigenvalue weighted by molar-refractivity contribution is 6.05. The fraction of sp³-hybridized carbons (Fsp3) is 0.222. The van der Waals surface area contributed by atoms with E-state index in [2.05, 4.69) is 15.8 Å². The van der Waals surface area contributed by atoms with Crippen LogP contribution in [0.3, 0.4) is 0 Å². The molecule has 4 rings (SSSR count). The molecule has 2 amide bonds. The summed E-state index contributed by atoms with van der Waals surface area (Å²) in [7, 11) is 8.75. The summed E-state index contributed by atoms with van der Waals surface area (Å²) in [6, 6.07) is 17.1. The molecule has 0 unspecified atom stereocenters. The molecule has 0 saturated carbocycles. The minimum atomic E-state index is -0.675. The lowest BCUT2D eigenvalue weighted by Crippen LogP contribution is -2.18. The summed E-state index contributed by atoms with van der Waals surface area (Å²) < 4.78 is 43.2. The summed E-state index contributed by atoms with van der Waals surface area (Å²) in [6.07, 6.45) is 1.41. The van der Waals surface area contributed by atoms with Gasteiger partial charge in [0.2, 0.25) is 11.5 Å². The van der Waals surface area contributed by atoms with Crippen molar-refractivity contribution in [3.8, 4) is 46.0 Å². The second kappa shape index (κ2) is 17.1. The molecule has 0 aromatic heterocycles. The number of carbonyl (C=O) groups excluding carboxylic acids is 3. The Kier molecular flexibility index (Phi) is 12.5. The third-order valence-electron chi connectivity index (χ3n) is 7.08. The Bertz CT molecular complexity index is 1820. The lowest BCUT2D eigenvalue weighted by Gasteiger charge is -2.15. The number of esters is 1. The number of carbonyl (C=O) groups is 3. The highest BCUT2D eigenvalue weighted by atomic mass is 16.6. The van der Waals surface area contributed by atoms with Crippen LogP contribution in [0.1, 0.15) is 43.6 Å². The van der Waals surface area contributed by atoms with Gasteiger partial charge >= 0.3 is 5.97 Å². The summed E-state index contributed by atoms with van der Waals surface area (Å²) >= 11 is 0. The molecule has 50 heavy (non-hydrogen) atoms. The second-order valence-electron chi connectivity index (χ2n) is 10.1. The van der Waals surface area contributed by atoms with Crippen molar-refractivity contribution in [2.24, 2.45) is 5.10 Å². The van der Waals surface area contributed by atoms with Gasteiger partial charge in [0.1, 0.15) is 0 Å². The fourth-order valence-corrected chi connectivity index (χ4v) is 4.67. The normalized spacial score (nSPS) is 10.5. The average molecular weight is 688 g/mol. The van der Waals surface area contributed by atoms with Crippen LogP contribution in [0.25, 0.3) is 0 Å². The van der Waals surface area contributed by atoms with Crippen molar-refractivity contribution in [3.63, 3.8) is 0 Å². The smallest absolute Gasteiger partial charge is 0.343 e. The third kappa shape index (κ3) is 8.52. The van der Waals surface area contributed by atoms with Crippen LogP contribution in [-0.2, 0) is 0 Å². The van der Waals surface area contributed by atoms with Crippen molar-refractivity contribution in [1.82, 2.24) is 5.43 Å². The molecular formula is C36H37N3O11. The molecular weight excluding hydrogens is 650 g/mol. The summed E-state index contributed by atoms with van der Waals surface area (Å²) in [5.74, 6) is 0.862. The van der Waals surface area contributed by atoms with Gasteiger partial charge in [-0.1, -0.05) is 0 Å². The number of anilines is 1. The first-order valence-electron chi connectivity index (χ1n) is 15.0. The van der Waals surface area contributed by atoms with E-state index >= 15 is 0 Å². The van der Waals surface area contributed by atoms with Crippen molar-refractivity contribution in [1.29, 1.82) is 0 Å². The zero-order chi connectivity index (χ0) is 36.2. The van der Waals surface area contributed by atoms with Crippen LogP contribution in [0.5, 0.6) is 46.0 Å². The van der Waals surface area contributed by atoms with Crippen LogP contribution < -0.4 is 48.6 Å². The van der Waals surface area contributed by atoms with E-state index in [0.717, 1.165) is 0 Å². The number of amides is 2. The first-order valence-corrected chi connectivity index (χ1v) is 15.0. The quantitative estimate of drug-likeness (QED) is 0.0715. The molecule has 0 saturated heterocycles. The van der Waals surface area contributed by atoms with E-state index in [4.69, 9.17) is 37.9 Å². The van der Waals surface area contributed by atoms with Gasteiger partial charge in [0, 0.05) is 16.8 Å². The number of ether oxygens (including phenoxy) is 8. The first-order chi connectivity index (χ1) is 24.2. The summed E-state index contributed by atoms with van der Waals surface area (Å²) in [6.45, 7) is 2.08. The van der Waals surface area contributed by atoms with Crippen LogP contribution in [0.15, 0.2) is 71.8 Å². The van der Waals surface area contributed by atoms with Crippen molar-refractivity contribution >= 4 is 29.7 Å². The van der Waals surface area contributed by atoms with Crippen molar-refractivity contribution in [2.75, 3.05) is 54.6 Å². The topological polar surface area (TPSA) is 161 Å². The second-order valence-corrected chi connectivity index (χ2v) is 10.1. The summed E-state index contributed by atoms with van der Waals surface area (Å²) in [4.78, 5) is 38.7. The van der Waals surface area contributed by atoms with Gasteiger partial charge in [0.25, 0.3) is 11.8 Å². The number of hydrazone groups is 1. The molecule has 14 heteroatoms. The van der Waals surface area contributed by atoms with E-state index in [1.54, 1.807) is 49.4 Å². The maximum atomic E-state index is 13.0. The highest BCUT2D eigenvalue weighted by Crippen LogP contribution is 2.40. The van der Waals surface area contributed by atoms with E-state index in [1.807, 2.05) is 0 Å². The van der Waals surface area contributed by atoms with E-state index in [9.17, 15) is 14.4 Å². The van der Waals surface area contributed by atoms with Gasteiger partial charge in [-0.3, -0.25) is 9.59 Å². The van der Waals surface area contributed by atoms with Crippen LogP contribution in [0.2, 0.25) is 0 Å². The predicted octanol–water partition coefficient (Wildman–Crippen LogP) is 5.37. The number of hydrogen-bond acceptors (Lipinski definition) is 12. The van der Waals surface area contributed by atoms with E-state index in [1.165, 1.54) is 73.1 Å². The third-order valence-corrected chi connectivity index (χ3v) is 7.08. The largest absolute Gasteiger partial charge is 0.493 e. The monoisotopic (exact) mass is 687 g/mol. The lowest BCUT2D eigenvalue weighted by molar-refractivity contribution is 0.0727. The molecule has 262 valence electrons. The molecule has 0 radical (unpaired) electrons. The maximum absolute atomic E-state index is 13.0. The fourth-order valence-electron chi connectivity index (χ4n) is 4.67. The molecule has 0 bridgehead atoms. The zero-order valence-corrected chi connectivity index (χ0v) is 28.6. The average Bonchev–Trinajstić information content (AvgIpc) is 3.14. The van der Waals surface area contributed by atoms with Crippen molar-refractivity contribution in [3.05, 3.63) is 89.0 Å². The SMILES string of the molecule is CCOc1cc(/C=N\NC(=O)c2ccc(NC(=O)c3cc(OC)c(OC)c(OC)c3)cc2)ccc1OC(=O)c1cc(OC)c(OC)c(OC)c1. The number of methoxy groups -OCH3 is 6. The van der Waals surface area contributed by atoms with Gasteiger partial charge in [0.05, 0.1) is 61.0 Å². The number of benzene rings is 4. The Labute approximate surface area is 288 Å². The van der Waals surface area contributed by atoms with Gasteiger partial charge in [0.15, 0.2) is 34.5 Å². The summed E-state index contributed by atoms with van der Waals surface area (Å²) in [5.41, 5.74) is 4.24. The van der Waals surface area contributed by atoms with Crippen molar-refractivity contribution in [2.45, 2.75) is 6.92 Å². The van der Waals surface area contributed by atoms with Gasteiger partial charge in [-0.25, -0.2) is 10.2 Å². The van der Waals surface area contributed by atoms with Gasteiger partial charge in [-0.15, -0.1) is 0 Å². The van der Waals surface area contributed by atoms with Gasteiger partial charge in [-0.2, -0.15) is 5.10 Å². The van der Waals surface area contributed by atoms with Gasteiger partial charge in [-0.05, 0) is 79.2 Å². The molecule has 0 fully saturated rings. The maximum Gasteiger partial charge on any atom is 0.343 e. The molecule has 2 N–H and O–H groups in total. The standard InChI is InChI=1S/C36H37N3O11/c1-8-49-27-15-21(9-14-26(27)50-36(42)24-18-30(45-4)33(48-7)31(19-24)46-5)20-37-39-35(41)22-10-12-25(13-11-22)38-34(40)23-16-28(43-2)32(47-6)29(17-23)44-3/h9-20H,8H2,1-7H3,(H,38,40)(H,39,41)/b37-20-. The number of nitrogens with one attached hydrogen (secondary N) is 2. The predicted molar refractivity (Wildman–Crippen MR) is 184 cm³/mol. The molecule has 0 heterocycles. The van der Waals surface area contributed by atoms with Crippen LogP contribution in [0, 0.1) is 0 Å². The molecule has 0 aliphatic carbocycles. The number of rotatable bonds is 15. The molecule has 0 spiro atoms. The Balaban J connectivity index is 1.40. The molecule has 0 aliphatic heterocycles. The number of nitrogens with zero attached hydrogens (tertiary/aromatic N) is 1. The summed E-state index contributed by atoms with van der Waals surface area (Å²) in [5, 5.41) is 6.81. The van der Waals surface area contributed by atoms with E-state index in [-0.39, 0.29) is 22.6 Å². The number of hydrogen-bond donors (Lipinski definition) is 2. The van der Waals surface area contributed by atoms with E-state index < -0.39 is 17.8 Å². The molecule has 14 nitrogen and oxygen atoms in total. The van der Waals surface area contributed by atoms with Crippen LogP contribution >= 0.6 is 0 Å². The Morgan fingerprint density at radius 3 is 1.64 bits per heavy atom. The Morgan fingerprint density at radius 1 is 0.600 bits per heavy atom. The van der Waals surface area contributed by atoms with Gasteiger partial charge < -0.3 is 43.2 Å². The highest BCUT2D eigenvalue weighted by Gasteiger charge is 2.20. The zero-order valence-electron chi connectivity index (χ0n) is 28.6. The molecule has 0 aliphatic rings. The Hall–Kier alpha value is -6.44.